The maximum absolute atomic E-state index is 12.5. The van der Waals surface area contributed by atoms with Gasteiger partial charge in [0.2, 0.25) is 0 Å². The lowest BCUT2D eigenvalue weighted by molar-refractivity contribution is -0.384. The highest BCUT2D eigenvalue weighted by Crippen LogP contribution is 2.32. The van der Waals surface area contributed by atoms with E-state index in [1.165, 1.54) is 18.3 Å². The van der Waals surface area contributed by atoms with Gasteiger partial charge in [0.25, 0.3) is 11.6 Å². The van der Waals surface area contributed by atoms with Crippen molar-refractivity contribution >= 4 is 33.2 Å². The first-order valence-corrected chi connectivity index (χ1v) is 7.05. The van der Waals surface area contributed by atoms with Crippen LogP contribution in [-0.4, -0.2) is 22.4 Å². The number of nitrogens with zero attached hydrogens (tertiary/aromatic N) is 3. The highest BCUT2D eigenvalue weighted by Gasteiger charge is 2.27. The molecular formula is C14H10BrN3O3. The van der Waals surface area contributed by atoms with Gasteiger partial charge in [-0.05, 0) is 34.0 Å². The molecule has 1 aromatic carbocycles. The zero-order valence-corrected chi connectivity index (χ0v) is 12.4. The Balaban J connectivity index is 1.98. The van der Waals surface area contributed by atoms with E-state index >= 15 is 0 Å². The van der Waals surface area contributed by atoms with Gasteiger partial charge in [-0.3, -0.25) is 19.9 Å². The van der Waals surface area contributed by atoms with Crippen molar-refractivity contribution in [1.29, 1.82) is 0 Å². The maximum Gasteiger partial charge on any atom is 0.271 e. The predicted molar refractivity (Wildman–Crippen MR) is 80.4 cm³/mol. The fraction of sp³-hybridized carbons (Fsp3) is 0.143. The molecule has 1 amide bonds. The third kappa shape index (κ3) is 2.52. The number of halogens is 1. The molecule has 6 nitrogen and oxygen atoms in total. The Morgan fingerprint density at radius 3 is 2.86 bits per heavy atom. The van der Waals surface area contributed by atoms with Crippen molar-refractivity contribution in [3.05, 3.63) is 62.4 Å². The average molecular weight is 348 g/mol. The quantitative estimate of drug-likeness (QED) is 0.618. The highest BCUT2D eigenvalue weighted by atomic mass is 79.9. The number of hydrogen-bond donors (Lipinski definition) is 0. The van der Waals surface area contributed by atoms with E-state index in [-0.39, 0.29) is 11.6 Å². The van der Waals surface area contributed by atoms with E-state index in [0.717, 1.165) is 5.56 Å². The molecule has 0 atom stereocenters. The van der Waals surface area contributed by atoms with E-state index in [1.807, 2.05) is 0 Å². The second-order valence-electron chi connectivity index (χ2n) is 4.67. The van der Waals surface area contributed by atoms with Crippen molar-refractivity contribution in [2.24, 2.45) is 0 Å². The van der Waals surface area contributed by atoms with Gasteiger partial charge in [-0.2, -0.15) is 0 Å². The van der Waals surface area contributed by atoms with Crippen LogP contribution in [0.1, 0.15) is 15.9 Å². The molecule has 21 heavy (non-hydrogen) atoms. The summed E-state index contributed by atoms with van der Waals surface area (Å²) in [5.74, 6) is -0.206. The van der Waals surface area contributed by atoms with Crippen molar-refractivity contribution in [2.75, 3.05) is 11.4 Å². The number of aromatic nitrogens is 1. The molecule has 7 heteroatoms. The zero-order chi connectivity index (χ0) is 15.0. The van der Waals surface area contributed by atoms with Crippen LogP contribution in [0, 0.1) is 10.1 Å². The number of nitro benzene ring substituents is 1. The van der Waals surface area contributed by atoms with Gasteiger partial charge in [0.05, 0.1) is 16.2 Å². The number of amides is 1. The summed E-state index contributed by atoms with van der Waals surface area (Å²) < 4.78 is 0.715. The van der Waals surface area contributed by atoms with E-state index in [0.29, 0.717) is 28.7 Å². The fourth-order valence-corrected chi connectivity index (χ4v) is 2.74. The lowest BCUT2D eigenvalue weighted by Crippen LogP contribution is -2.29. The van der Waals surface area contributed by atoms with Gasteiger partial charge in [0, 0.05) is 35.5 Å². The van der Waals surface area contributed by atoms with Crippen molar-refractivity contribution in [3.63, 3.8) is 0 Å². The van der Waals surface area contributed by atoms with Gasteiger partial charge in [-0.15, -0.1) is 0 Å². The number of benzene rings is 1. The molecular weight excluding hydrogens is 338 g/mol. The molecule has 2 aromatic rings. The Hall–Kier alpha value is -2.28. The molecule has 1 aliphatic heterocycles. The normalized spacial score (nSPS) is 13.1. The number of carbonyl (C=O) groups is 1. The number of nitro groups is 1. The zero-order valence-electron chi connectivity index (χ0n) is 10.8. The fourth-order valence-electron chi connectivity index (χ4n) is 2.38. The van der Waals surface area contributed by atoms with Gasteiger partial charge in [0.1, 0.15) is 0 Å². The molecule has 1 aliphatic rings. The van der Waals surface area contributed by atoms with Crippen LogP contribution in [0.2, 0.25) is 0 Å². The van der Waals surface area contributed by atoms with Crippen LogP contribution in [-0.2, 0) is 6.42 Å². The molecule has 0 saturated carbocycles. The van der Waals surface area contributed by atoms with Gasteiger partial charge < -0.3 is 4.90 Å². The summed E-state index contributed by atoms with van der Waals surface area (Å²) in [6, 6.07) is 6.31. The number of hydrogen-bond acceptors (Lipinski definition) is 4. The Morgan fingerprint density at radius 2 is 2.14 bits per heavy atom. The van der Waals surface area contributed by atoms with Crippen LogP contribution >= 0.6 is 15.9 Å². The second kappa shape index (κ2) is 5.25. The van der Waals surface area contributed by atoms with Crippen LogP contribution in [0.5, 0.6) is 0 Å². The molecule has 2 heterocycles. The van der Waals surface area contributed by atoms with Crippen LogP contribution < -0.4 is 4.90 Å². The third-order valence-corrected chi connectivity index (χ3v) is 3.81. The Kier molecular flexibility index (Phi) is 3.42. The van der Waals surface area contributed by atoms with Crippen LogP contribution in [0.25, 0.3) is 0 Å². The molecule has 0 aliphatic carbocycles. The molecule has 106 valence electrons. The van der Waals surface area contributed by atoms with Gasteiger partial charge in [-0.25, -0.2) is 0 Å². The summed E-state index contributed by atoms with van der Waals surface area (Å²) in [6.45, 7) is 0.516. The van der Waals surface area contributed by atoms with E-state index in [2.05, 4.69) is 20.9 Å². The summed E-state index contributed by atoms with van der Waals surface area (Å²) in [4.78, 5) is 28.5. The number of rotatable bonds is 2. The van der Waals surface area contributed by atoms with E-state index in [1.54, 1.807) is 23.2 Å². The largest absolute Gasteiger partial charge is 0.307 e. The minimum absolute atomic E-state index is 0.0131. The van der Waals surface area contributed by atoms with Gasteiger partial charge >= 0.3 is 0 Å². The molecule has 0 radical (unpaired) electrons. The minimum atomic E-state index is -0.456. The first-order chi connectivity index (χ1) is 10.1. The minimum Gasteiger partial charge on any atom is -0.307 e. The third-order valence-electron chi connectivity index (χ3n) is 3.37. The highest BCUT2D eigenvalue weighted by molar-refractivity contribution is 9.10. The van der Waals surface area contributed by atoms with Crippen LogP contribution in [0.3, 0.4) is 0 Å². The van der Waals surface area contributed by atoms with Gasteiger partial charge in [-0.1, -0.05) is 6.07 Å². The Labute approximate surface area is 128 Å². The molecule has 0 spiro atoms. The summed E-state index contributed by atoms with van der Waals surface area (Å²) in [5, 5.41) is 10.9. The average Bonchev–Trinajstić information content (AvgIpc) is 2.89. The van der Waals surface area contributed by atoms with E-state index in [9.17, 15) is 14.9 Å². The van der Waals surface area contributed by atoms with Crippen LogP contribution in [0.4, 0.5) is 11.4 Å². The van der Waals surface area contributed by atoms with Crippen molar-refractivity contribution in [2.45, 2.75) is 6.42 Å². The van der Waals surface area contributed by atoms with Gasteiger partial charge in [0.15, 0.2) is 0 Å². The van der Waals surface area contributed by atoms with Crippen LogP contribution in [0.15, 0.2) is 41.1 Å². The topological polar surface area (TPSA) is 76.3 Å². The number of non-ortho nitro benzene ring substituents is 1. The molecule has 0 fully saturated rings. The first kappa shape index (κ1) is 13.7. The molecule has 3 rings (SSSR count). The first-order valence-electron chi connectivity index (χ1n) is 6.26. The summed E-state index contributed by atoms with van der Waals surface area (Å²) >= 11 is 3.28. The Morgan fingerprint density at radius 1 is 1.33 bits per heavy atom. The number of fused-ring (bicyclic) bond motifs is 1. The number of pyridine rings is 1. The smallest absolute Gasteiger partial charge is 0.271 e. The monoisotopic (exact) mass is 347 g/mol. The van der Waals surface area contributed by atoms with Crippen molar-refractivity contribution in [1.82, 2.24) is 4.98 Å². The Bertz CT molecular complexity index is 748. The second-order valence-corrected chi connectivity index (χ2v) is 5.58. The SMILES string of the molecule is O=C(c1cncc(Br)c1)N1CCc2ccc([N+](=O)[O-])cc21. The van der Waals surface area contributed by atoms with Crippen molar-refractivity contribution < 1.29 is 9.72 Å². The van der Waals surface area contributed by atoms with E-state index < -0.39 is 4.92 Å². The standard InChI is InChI=1S/C14H10BrN3O3/c15-11-5-10(7-16-8-11)14(19)17-4-3-9-1-2-12(18(20)21)6-13(9)17/h1-2,5-8H,3-4H2. The summed E-state index contributed by atoms with van der Waals surface area (Å²) in [6.07, 6.45) is 3.78. The molecule has 0 unspecified atom stereocenters. The number of anilines is 1. The molecule has 0 N–H and O–H groups in total. The lowest BCUT2D eigenvalue weighted by atomic mass is 10.1. The predicted octanol–water partition coefficient (Wildman–Crippen LogP) is 2.96. The summed E-state index contributed by atoms with van der Waals surface area (Å²) in [5.41, 5.74) is 1.98. The van der Waals surface area contributed by atoms with Crippen molar-refractivity contribution in [3.8, 4) is 0 Å². The lowest BCUT2D eigenvalue weighted by Gasteiger charge is -2.17. The maximum atomic E-state index is 12.5. The molecule has 0 saturated heterocycles. The summed E-state index contributed by atoms with van der Waals surface area (Å²) in [7, 11) is 0. The molecule has 0 bridgehead atoms. The molecule has 1 aromatic heterocycles. The van der Waals surface area contributed by atoms with E-state index in [4.69, 9.17) is 0 Å². The number of carbonyl (C=O) groups excluding carboxylic acids is 1.